The molecule has 0 aliphatic carbocycles. The molecule has 3 aromatic rings. The van der Waals surface area contributed by atoms with Crippen molar-refractivity contribution in [2.45, 2.75) is 20.4 Å². The molecule has 5 nitrogen and oxygen atoms in total. The van der Waals surface area contributed by atoms with E-state index in [1.54, 1.807) is 6.20 Å². The highest BCUT2D eigenvalue weighted by Crippen LogP contribution is 2.14. The summed E-state index contributed by atoms with van der Waals surface area (Å²) < 4.78 is 0. The van der Waals surface area contributed by atoms with E-state index in [4.69, 9.17) is 0 Å². The van der Waals surface area contributed by atoms with Crippen LogP contribution >= 0.6 is 0 Å². The zero-order chi connectivity index (χ0) is 13.2. The number of H-pyrrole nitrogens is 1. The molecule has 96 valence electrons. The average molecular weight is 253 g/mol. The first kappa shape index (κ1) is 11.6. The van der Waals surface area contributed by atoms with Gasteiger partial charge in [-0.05, 0) is 26.0 Å². The molecule has 0 atom stereocenters. The van der Waals surface area contributed by atoms with E-state index in [0.29, 0.717) is 6.54 Å². The summed E-state index contributed by atoms with van der Waals surface area (Å²) in [7, 11) is 0. The van der Waals surface area contributed by atoms with Crippen LogP contribution in [0, 0.1) is 13.8 Å². The summed E-state index contributed by atoms with van der Waals surface area (Å²) in [5.74, 6) is 0.777. The van der Waals surface area contributed by atoms with Crippen LogP contribution in [-0.2, 0) is 6.54 Å². The van der Waals surface area contributed by atoms with Gasteiger partial charge in [0.05, 0.1) is 22.9 Å². The van der Waals surface area contributed by atoms with Gasteiger partial charge in [0.15, 0.2) is 0 Å². The molecule has 3 rings (SSSR count). The average Bonchev–Trinajstić information content (AvgIpc) is 2.76. The van der Waals surface area contributed by atoms with Crippen LogP contribution in [0.2, 0.25) is 0 Å². The van der Waals surface area contributed by atoms with Crippen molar-refractivity contribution in [3.8, 4) is 0 Å². The predicted octanol–water partition coefficient (Wildman–Crippen LogP) is 2.58. The molecule has 0 amide bonds. The molecule has 0 aliphatic rings. The van der Waals surface area contributed by atoms with Crippen molar-refractivity contribution in [3.63, 3.8) is 0 Å². The zero-order valence-electron chi connectivity index (χ0n) is 10.9. The predicted molar refractivity (Wildman–Crippen MR) is 74.9 cm³/mol. The summed E-state index contributed by atoms with van der Waals surface area (Å²) in [6, 6.07) is 7.84. The smallest absolute Gasteiger partial charge is 0.145 e. The van der Waals surface area contributed by atoms with Gasteiger partial charge in [-0.3, -0.25) is 10.1 Å². The molecular weight excluding hydrogens is 238 g/mol. The number of fused-ring (bicyclic) bond motifs is 1. The van der Waals surface area contributed by atoms with Crippen LogP contribution in [0.4, 0.5) is 5.82 Å². The Morgan fingerprint density at radius 2 is 1.95 bits per heavy atom. The van der Waals surface area contributed by atoms with Gasteiger partial charge in [-0.25, -0.2) is 4.98 Å². The summed E-state index contributed by atoms with van der Waals surface area (Å²) in [6.45, 7) is 4.71. The van der Waals surface area contributed by atoms with Gasteiger partial charge in [-0.1, -0.05) is 12.1 Å². The van der Waals surface area contributed by atoms with Gasteiger partial charge >= 0.3 is 0 Å². The fourth-order valence-corrected chi connectivity index (χ4v) is 2.06. The molecule has 0 bridgehead atoms. The van der Waals surface area contributed by atoms with E-state index in [1.165, 1.54) is 5.56 Å². The monoisotopic (exact) mass is 253 g/mol. The lowest BCUT2D eigenvalue weighted by Crippen LogP contribution is -2.03. The Hall–Kier alpha value is -2.43. The first-order valence-electron chi connectivity index (χ1n) is 6.20. The summed E-state index contributed by atoms with van der Waals surface area (Å²) in [5.41, 5.74) is 5.07. The Bertz CT molecular complexity index is 697. The van der Waals surface area contributed by atoms with Crippen molar-refractivity contribution >= 4 is 16.9 Å². The molecule has 2 aromatic heterocycles. The van der Waals surface area contributed by atoms with E-state index in [9.17, 15) is 0 Å². The summed E-state index contributed by atoms with van der Waals surface area (Å²) >= 11 is 0. The number of aromatic amines is 1. The van der Waals surface area contributed by atoms with Crippen molar-refractivity contribution in [2.24, 2.45) is 0 Å². The third kappa shape index (κ3) is 2.27. The Morgan fingerprint density at radius 3 is 2.68 bits per heavy atom. The number of benzene rings is 1. The number of aromatic nitrogens is 4. The maximum Gasteiger partial charge on any atom is 0.145 e. The molecule has 0 saturated carbocycles. The molecule has 0 spiro atoms. The maximum absolute atomic E-state index is 4.53. The van der Waals surface area contributed by atoms with Gasteiger partial charge in [0.2, 0.25) is 0 Å². The first-order valence-corrected chi connectivity index (χ1v) is 6.20. The van der Waals surface area contributed by atoms with Gasteiger partial charge in [0.25, 0.3) is 0 Å². The fourth-order valence-electron chi connectivity index (χ4n) is 2.06. The molecule has 2 N–H and O–H groups in total. The number of nitrogens with one attached hydrogen (secondary N) is 2. The van der Waals surface area contributed by atoms with Crippen LogP contribution in [0.15, 0.2) is 30.5 Å². The van der Waals surface area contributed by atoms with E-state index in [2.05, 4.69) is 25.5 Å². The van der Waals surface area contributed by atoms with Crippen molar-refractivity contribution in [1.29, 1.82) is 0 Å². The second-order valence-electron chi connectivity index (χ2n) is 4.51. The van der Waals surface area contributed by atoms with Gasteiger partial charge in [0.1, 0.15) is 5.82 Å². The minimum absolute atomic E-state index is 0.696. The van der Waals surface area contributed by atoms with E-state index < -0.39 is 0 Å². The lowest BCUT2D eigenvalue weighted by molar-refractivity contribution is 1.02. The van der Waals surface area contributed by atoms with E-state index in [0.717, 1.165) is 28.2 Å². The molecule has 0 fully saturated rings. The lowest BCUT2D eigenvalue weighted by Gasteiger charge is -2.06. The van der Waals surface area contributed by atoms with Crippen molar-refractivity contribution in [2.75, 3.05) is 5.32 Å². The van der Waals surface area contributed by atoms with Crippen LogP contribution < -0.4 is 5.32 Å². The lowest BCUT2D eigenvalue weighted by atomic mass is 10.2. The number of hydrogen-bond acceptors (Lipinski definition) is 4. The standard InChI is InChI=1S/C14H15N5/c1-9-11(10(2)19-18-9)7-16-14-8-15-12-5-3-4-6-13(12)17-14/h3-6,8H,7H2,1-2H3,(H,16,17)(H,18,19). The number of anilines is 1. The highest BCUT2D eigenvalue weighted by atomic mass is 15.1. The van der Waals surface area contributed by atoms with Crippen LogP contribution in [-0.4, -0.2) is 20.2 Å². The fraction of sp³-hybridized carbons (Fsp3) is 0.214. The maximum atomic E-state index is 4.53. The Labute approximate surface area is 111 Å². The largest absolute Gasteiger partial charge is 0.365 e. The summed E-state index contributed by atoms with van der Waals surface area (Å²) in [5, 5.41) is 10.4. The summed E-state index contributed by atoms with van der Waals surface area (Å²) in [6.07, 6.45) is 1.76. The summed E-state index contributed by atoms with van der Waals surface area (Å²) in [4.78, 5) is 8.91. The molecule has 0 saturated heterocycles. The Balaban J connectivity index is 1.82. The molecule has 0 unspecified atom stereocenters. The third-order valence-corrected chi connectivity index (χ3v) is 3.18. The third-order valence-electron chi connectivity index (χ3n) is 3.18. The molecule has 2 heterocycles. The number of nitrogens with zero attached hydrogens (tertiary/aromatic N) is 3. The minimum atomic E-state index is 0.696. The Kier molecular flexibility index (Phi) is 2.87. The first-order chi connectivity index (χ1) is 9.24. The van der Waals surface area contributed by atoms with Gasteiger partial charge < -0.3 is 5.32 Å². The van der Waals surface area contributed by atoms with Crippen molar-refractivity contribution < 1.29 is 0 Å². The molecule has 0 radical (unpaired) electrons. The molecule has 0 aliphatic heterocycles. The van der Waals surface area contributed by atoms with Crippen LogP contribution in [0.3, 0.4) is 0 Å². The highest BCUT2D eigenvalue weighted by molar-refractivity contribution is 5.75. The second kappa shape index (κ2) is 4.68. The van der Waals surface area contributed by atoms with E-state index in [-0.39, 0.29) is 0 Å². The van der Waals surface area contributed by atoms with Crippen LogP contribution in [0.1, 0.15) is 17.0 Å². The van der Waals surface area contributed by atoms with Crippen LogP contribution in [0.25, 0.3) is 11.0 Å². The second-order valence-corrected chi connectivity index (χ2v) is 4.51. The SMILES string of the molecule is Cc1n[nH]c(C)c1CNc1cnc2ccccc2n1. The van der Waals surface area contributed by atoms with E-state index in [1.807, 2.05) is 38.1 Å². The number of hydrogen-bond donors (Lipinski definition) is 2. The zero-order valence-corrected chi connectivity index (χ0v) is 10.9. The highest BCUT2D eigenvalue weighted by Gasteiger charge is 2.06. The molecule has 1 aromatic carbocycles. The quantitative estimate of drug-likeness (QED) is 0.753. The van der Waals surface area contributed by atoms with Crippen molar-refractivity contribution in [1.82, 2.24) is 20.2 Å². The molecule has 19 heavy (non-hydrogen) atoms. The number of rotatable bonds is 3. The van der Waals surface area contributed by atoms with Gasteiger partial charge in [-0.2, -0.15) is 5.10 Å². The topological polar surface area (TPSA) is 66.5 Å². The van der Waals surface area contributed by atoms with E-state index >= 15 is 0 Å². The van der Waals surface area contributed by atoms with Crippen molar-refractivity contribution in [3.05, 3.63) is 47.4 Å². The number of para-hydroxylation sites is 2. The molecule has 5 heteroatoms. The van der Waals surface area contributed by atoms with Crippen LogP contribution in [0.5, 0.6) is 0 Å². The molecular formula is C14H15N5. The Morgan fingerprint density at radius 1 is 1.16 bits per heavy atom. The normalized spacial score (nSPS) is 10.8. The van der Waals surface area contributed by atoms with Gasteiger partial charge in [-0.15, -0.1) is 0 Å². The number of aryl methyl sites for hydroxylation is 2. The van der Waals surface area contributed by atoms with Gasteiger partial charge in [0, 0.05) is 17.8 Å². The minimum Gasteiger partial charge on any atom is -0.365 e.